The van der Waals surface area contributed by atoms with Crippen LogP contribution < -0.4 is 0 Å². The Bertz CT molecular complexity index is 698. The SMILES string of the molecule is CC#CCOCC(=O)c1c(F)ncn1[C@H](C)c1ccccc1. The lowest BCUT2D eigenvalue weighted by Gasteiger charge is -2.16. The quantitative estimate of drug-likeness (QED) is 0.468. The molecule has 5 heteroatoms. The van der Waals surface area contributed by atoms with Gasteiger partial charge in [0.25, 0.3) is 0 Å². The van der Waals surface area contributed by atoms with Gasteiger partial charge in [0, 0.05) is 0 Å². The van der Waals surface area contributed by atoms with E-state index in [9.17, 15) is 9.18 Å². The number of hydrogen-bond donors (Lipinski definition) is 0. The van der Waals surface area contributed by atoms with Gasteiger partial charge in [-0.15, -0.1) is 5.92 Å². The maximum Gasteiger partial charge on any atom is 0.242 e. The zero-order chi connectivity index (χ0) is 15.9. The van der Waals surface area contributed by atoms with Crippen LogP contribution in [0.2, 0.25) is 0 Å². The van der Waals surface area contributed by atoms with E-state index in [1.165, 1.54) is 10.9 Å². The molecule has 0 fully saturated rings. The van der Waals surface area contributed by atoms with Crippen molar-refractivity contribution >= 4 is 5.78 Å². The summed E-state index contributed by atoms with van der Waals surface area (Å²) in [5.74, 6) is 4.12. The van der Waals surface area contributed by atoms with Gasteiger partial charge in [-0.25, -0.2) is 4.98 Å². The number of carbonyl (C=O) groups is 1. The molecule has 4 nitrogen and oxygen atoms in total. The minimum atomic E-state index is -0.780. The minimum Gasteiger partial charge on any atom is -0.361 e. The van der Waals surface area contributed by atoms with Crippen molar-refractivity contribution in [1.29, 1.82) is 0 Å². The largest absolute Gasteiger partial charge is 0.361 e. The number of ether oxygens (including phenoxy) is 1. The van der Waals surface area contributed by atoms with Crippen molar-refractivity contribution in [2.75, 3.05) is 13.2 Å². The van der Waals surface area contributed by atoms with Crippen LogP contribution in [0.1, 0.15) is 35.9 Å². The smallest absolute Gasteiger partial charge is 0.242 e. The molecule has 114 valence electrons. The Balaban J connectivity index is 2.20. The number of carbonyl (C=O) groups excluding carboxylic acids is 1. The number of benzene rings is 1. The first-order valence-corrected chi connectivity index (χ1v) is 6.93. The van der Waals surface area contributed by atoms with E-state index in [0.29, 0.717) is 0 Å². The Kier molecular flexibility index (Phi) is 5.45. The van der Waals surface area contributed by atoms with Crippen LogP contribution in [-0.4, -0.2) is 28.5 Å². The number of halogens is 1. The van der Waals surface area contributed by atoms with Crippen LogP contribution in [0, 0.1) is 17.8 Å². The first-order valence-electron chi connectivity index (χ1n) is 6.93. The number of imidazole rings is 1. The highest BCUT2D eigenvalue weighted by Crippen LogP contribution is 2.21. The molecule has 1 aromatic carbocycles. The van der Waals surface area contributed by atoms with E-state index < -0.39 is 11.7 Å². The van der Waals surface area contributed by atoms with Crippen molar-refractivity contribution in [3.8, 4) is 11.8 Å². The third-order valence-electron chi connectivity index (χ3n) is 3.30. The molecule has 0 N–H and O–H groups in total. The van der Waals surface area contributed by atoms with Gasteiger partial charge >= 0.3 is 0 Å². The summed E-state index contributed by atoms with van der Waals surface area (Å²) in [5, 5.41) is 0. The second-order valence-electron chi connectivity index (χ2n) is 4.72. The fraction of sp³-hybridized carbons (Fsp3) is 0.294. The fourth-order valence-electron chi connectivity index (χ4n) is 2.12. The Labute approximate surface area is 128 Å². The van der Waals surface area contributed by atoms with Gasteiger partial charge in [-0.05, 0) is 19.4 Å². The van der Waals surface area contributed by atoms with E-state index in [-0.39, 0.29) is 24.9 Å². The van der Waals surface area contributed by atoms with Crippen molar-refractivity contribution in [2.24, 2.45) is 0 Å². The fourth-order valence-corrected chi connectivity index (χ4v) is 2.12. The van der Waals surface area contributed by atoms with Gasteiger partial charge in [-0.3, -0.25) is 4.79 Å². The molecule has 0 unspecified atom stereocenters. The van der Waals surface area contributed by atoms with Gasteiger partial charge < -0.3 is 9.30 Å². The van der Waals surface area contributed by atoms with Crippen molar-refractivity contribution in [2.45, 2.75) is 19.9 Å². The average molecular weight is 300 g/mol. The summed E-state index contributed by atoms with van der Waals surface area (Å²) >= 11 is 0. The molecule has 0 bridgehead atoms. The van der Waals surface area contributed by atoms with E-state index in [2.05, 4.69) is 16.8 Å². The second-order valence-corrected chi connectivity index (χ2v) is 4.72. The van der Waals surface area contributed by atoms with Crippen LogP contribution in [0.15, 0.2) is 36.7 Å². The Morgan fingerprint density at radius 3 is 2.82 bits per heavy atom. The summed E-state index contributed by atoms with van der Waals surface area (Å²) in [5.41, 5.74) is 0.896. The summed E-state index contributed by atoms with van der Waals surface area (Å²) in [6.45, 7) is 3.49. The van der Waals surface area contributed by atoms with Crippen molar-refractivity contribution in [3.05, 3.63) is 53.9 Å². The van der Waals surface area contributed by atoms with E-state index in [1.807, 2.05) is 37.3 Å². The molecular weight excluding hydrogens is 283 g/mol. The lowest BCUT2D eigenvalue weighted by Crippen LogP contribution is -2.18. The van der Waals surface area contributed by atoms with E-state index >= 15 is 0 Å². The Morgan fingerprint density at radius 2 is 2.14 bits per heavy atom. The first-order chi connectivity index (χ1) is 10.6. The van der Waals surface area contributed by atoms with Gasteiger partial charge in [0.15, 0.2) is 0 Å². The molecule has 0 saturated heterocycles. The number of rotatable bonds is 6. The molecule has 0 amide bonds. The van der Waals surface area contributed by atoms with E-state index in [0.717, 1.165) is 5.56 Å². The number of Topliss-reactive ketones (excluding diaryl/α,β-unsaturated/α-hetero) is 1. The van der Waals surface area contributed by atoms with Crippen LogP contribution in [0.25, 0.3) is 0 Å². The predicted octanol–water partition coefficient (Wildman–Crippen LogP) is 2.85. The molecule has 1 atom stereocenters. The van der Waals surface area contributed by atoms with Gasteiger partial charge in [-0.2, -0.15) is 4.39 Å². The molecular formula is C17H17FN2O2. The maximum absolute atomic E-state index is 13.9. The third kappa shape index (κ3) is 3.60. The number of hydrogen-bond acceptors (Lipinski definition) is 3. The van der Waals surface area contributed by atoms with Gasteiger partial charge in [0.05, 0.1) is 12.4 Å². The summed E-state index contributed by atoms with van der Waals surface area (Å²) in [7, 11) is 0. The van der Waals surface area contributed by atoms with Crippen LogP contribution in [-0.2, 0) is 4.74 Å². The number of aromatic nitrogens is 2. The molecule has 0 saturated carbocycles. The molecule has 1 aromatic heterocycles. The molecule has 0 aliphatic heterocycles. The highest BCUT2D eigenvalue weighted by atomic mass is 19.1. The monoisotopic (exact) mass is 300 g/mol. The number of nitrogens with zero attached hydrogens (tertiary/aromatic N) is 2. The van der Waals surface area contributed by atoms with E-state index in [1.54, 1.807) is 6.92 Å². The summed E-state index contributed by atoms with van der Waals surface area (Å²) in [4.78, 5) is 15.8. The highest BCUT2D eigenvalue weighted by Gasteiger charge is 2.22. The first kappa shape index (κ1) is 15.9. The Morgan fingerprint density at radius 1 is 1.41 bits per heavy atom. The van der Waals surface area contributed by atoms with Gasteiger partial charge in [-0.1, -0.05) is 36.3 Å². The van der Waals surface area contributed by atoms with E-state index in [4.69, 9.17) is 4.74 Å². The summed E-state index contributed by atoms with van der Waals surface area (Å²) in [6.07, 6.45) is 1.34. The van der Waals surface area contributed by atoms with Gasteiger partial charge in [0.2, 0.25) is 11.7 Å². The molecule has 2 aromatic rings. The summed E-state index contributed by atoms with van der Waals surface area (Å²) in [6, 6.07) is 9.33. The minimum absolute atomic E-state index is 0.0687. The number of ketones is 1. The van der Waals surface area contributed by atoms with Crippen molar-refractivity contribution in [3.63, 3.8) is 0 Å². The zero-order valence-corrected chi connectivity index (χ0v) is 12.5. The predicted molar refractivity (Wildman–Crippen MR) is 81.0 cm³/mol. The zero-order valence-electron chi connectivity index (χ0n) is 12.5. The standard InChI is InChI=1S/C17H17FN2O2/c1-3-4-10-22-11-15(21)16-17(18)19-12-20(16)13(2)14-8-6-5-7-9-14/h5-9,12-13H,10-11H2,1-2H3/t13-/m1/s1. The third-order valence-corrected chi connectivity index (χ3v) is 3.30. The van der Waals surface area contributed by atoms with Crippen LogP contribution in [0.3, 0.4) is 0 Å². The molecule has 0 aliphatic rings. The summed E-state index contributed by atoms with van der Waals surface area (Å²) < 4.78 is 20.5. The molecule has 1 heterocycles. The molecule has 0 radical (unpaired) electrons. The van der Waals surface area contributed by atoms with Gasteiger partial charge in [0.1, 0.15) is 18.9 Å². The average Bonchev–Trinajstić information content (AvgIpc) is 2.93. The van der Waals surface area contributed by atoms with Crippen molar-refractivity contribution in [1.82, 2.24) is 9.55 Å². The lowest BCUT2D eigenvalue weighted by atomic mass is 10.1. The van der Waals surface area contributed by atoms with Crippen LogP contribution in [0.5, 0.6) is 0 Å². The molecule has 0 aliphatic carbocycles. The normalized spacial score (nSPS) is 11.6. The van der Waals surface area contributed by atoms with Crippen LogP contribution >= 0.6 is 0 Å². The Hall–Kier alpha value is -2.45. The molecule has 0 spiro atoms. The molecule has 22 heavy (non-hydrogen) atoms. The second kappa shape index (κ2) is 7.53. The molecule has 2 rings (SSSR count). The maximum atomic E-state index is 13.9. The van der Waals surface area contributed by atoms with Crippen molar-refractivity contribution < 1.29 is 13.9 Å². The van der Waals surface area contributed by atoms with Crippen LogP contribution in [0.4, 0.5) is 4.39 Å². The topological polar surface area (TPSA) is 44.1 Å². The highest BCUT2D eigenvalue weighted by molar-refractivity contribution is 5.95. The lowest BCUT2D eigenvalue weighted by molar-refractivity contribution is 0.0797.